The molecule has 0 radical (unpaired) electrons. The molecule has 0 saturated heterocycles. The highest BCUT2D eigenvalue weighted by Crippen LogP contribution is 2.03. The van der Waals surface area contributed by atoms with E-state index < -0.39 is 0 Å². The van der Waals surface area contributed by atoms with Gasteiger partial charge in [-0.15, -0.1) is 0 Å². The van der Waals surface area contributed by atoms with E-state index in [0.29, 0.717) is 0 Å². The first-order valence-corrected chi connectivity index (χ1v) is 4.51. The summed E-state index contributed by atoms with van der Waals surface area (Å²) in [5.41, 5.74) is 0. The van der Waals surface area contributed by atoms with Crippen LogP contribution in [-0.4, -0.2) is 47.0 Å². The molecule has 0 aliphatic carbocycles. The van der Waals surface area contributed by atoms with Crippen LogP contribution in [0, 0.1) is 0 Å². The van der Waals surface area contributed by atoms with Crippen molar-refractivity contribution in [1.82, 2.24) is 4.90 Å². The number of rotatable bonds is 5. The smallest absolute Gasteiger partial charge is 0.0664 e. The Kier molecular flexibility index (Phi) is 5.46. The third-order valence-electron chi connectivity index (χ3n) is 2.29. The molecule has 3 nitrogen and oxygen atoms in total. The Morgan fingerprint density at radius 1 is 1.17 bits per heavy atom. The minimum Gasteiger partial charge on any atom is -0.393 e. The molecule has 0 aromatic rings. The first kappa shape index (κ1) is 11.9. The lowest BCUT2D eigenvalue weighted by atomic mass is 10.1. The molecule has 0 saturated carbocycles. The number of nitrogens with zero attached hydrogens (tertiary/aromatic N) is 1. The molecule has 0 amide bonds. The number of aliphatic hydroxyl groups is 2. The summed E-state index contributed by atoms with van der Waals surface area (Å²) in [6.45, 7) is 6.36. The molecule has 0 rings (SSSR count). The maximum atomic E-state index is 9.25. The Morgan fingerprint density at radius 3 is 2.00 bits per heavy atom. The molecule has 74 valence electrons. The second-order valence-corrected chi connectivity index (χ2v) is 3.60. The van der Waals surface area contributed by atoms with E-state index in [0.717, 1.165) is 13.0 Å². The van der Waals surface area contributed by atoms with Crippen LogP contribution in [0.15, 0.2) is 0 Å². The molecule has 3 unspecified atom stereocenters. The summed E-state index contributed by atoms with van der Waals surface area (Å²) in [6, 6.07) is 0.156. The Hall–Kier alpha value is -0.120. The first-order valence-electron chi connectivity index (χ1n) is 4.51. The molecule has 0 aliphatic rings. The molecular weight excluding hydrogens is 154 g/mol. The van der Waals surface area contributed by atoms with Crippen molar-refractivity contribution in [3.05, 3.63) is 0 Å². The summed E-state index contributed by atoms with van der Waals surface area (Å²) in [6.07, 6.45) is 0.186. The van der Waals surface area contributed by atoms with E-state index in [-0.39, 0.29) is 18.2 Å². The monoisotopic (exact) mass is 175 g/mol. The highest BCUT2D eigenvalue weighted by Gasteiger charge is 2.14. The Morgan fingerprint density at radius 2 is 1.67 bits per heavy atom. The van der Waals surface area contributed by atoms with Crippen molar-refractivity contribution in [2.24, 2.45) is 0 Å². The van der Waals surface area contributed by atoms with Gasteiger partial charge in [-0.3, -0.25) is 0 Å². The van der Waals surface area contributed by atoms with E-state index in [1.165, 1.54) is 0 Å². The summed E-state index contributed by atoms with van der Waals surface area (Å²) < 4.78 is 0. The van der Waals surface area contributed by atoms with Gasteiger partial charge in [0.1, 0.15) is 0 Å². The number of aliphatic hydroxyl groups excluding tert-OH is 2. The van der Waals surface area contributed by atoms with E-state index in [2.05, 4.69) is 4.90 Å². The minimum absolute atomic E-state index is 0.156. The van der Waals surface area contributed by atoms with Crippen molar-refractivity contribution in [2.45, 2.75) is 45.4 Å². The van der Waals surface area contributed by atoms with E-state index >= 15 is 0 Å². The van der Waals surface area contributed by atoms with Crippen molar-refractivity contribution < 1.29 is 10.2 Å². The Labute approximate surface area is 75.0 Å². The van der Waals surface area contributed by atoms with Crippen LogP contribution in [0.4, 0.5) is 0 Å². The van der Waals surface area contributed by atoms with E-state index in [4.69, 9.17) is 5.11 Å². The van der Waals surface area contributed by atoms with Gasteiger partial charge in [-0.2, -0.15) is 0 Å². The van der Waals surface area contributed by atoms with E-state index in [1.807, 2.05) is 14.0 Å². The lowest BCUT2D eigenvalue weighted by Gasteiger charge is -2.27. The molecule has 2 N–H and O–H groups in total. The summed E-state index contributed by atoms with van der Waals surface area (Å²) >= 11 is 0. The quantitative estimate of drug-likeness (QED) is 0.638. The largest absolute Gasteiger partial charge is 0.393 e. The zero-order valence-electron chi connectivity index (χ0n) is 8.49. The molecule has 0 bridgehead atoms. The molecule has 0 heterocycles. The van der Waals surface area contributed by atoms with Crippen LogP contribution < -0.4 is 0 Å². The van der Waals surface area contributed by atoms with Crippen LogP contribution in [0.2, 0.25) is 0 Å². The minimum atomic E-state index is -0.316. The summed E-state index contributed by atoms with van der Waals surface area (Å²) in [4.78, 5) is 2.05. The van der Waals surface area contributed by atoms with Gasteiger partial charge in [0.25, 0.3) is 0 Å². The molecule has 0 aromatic carbocycles. The van der Waals surface area contributed by atoms with Gasteiger partial charge in [0.05, 0.1) is 12.2 Å². The normalized spacial score (nSPS) is 19.2. The predicted molar refractivity (Wildman–Crippen MR) is 50.1 cm³/mol. The molecule has 0 aliphatic heterocycles. The third-order valence-corrected chi connectivity index (χ3v) is 2.29. The van der Waals surface area contributed by atoms with Gasteiger partial charge in [0.2, 0.25) is 0 Å². The van der Waals surface area contributed by atoms with Gasteiger partial charge in [-0.25, -0.2) is 0 Å². The van der Waals surface area contributed by atoms with Crippen molar-refractivity contribution in [2.75, 3.05) is 13.6 Å². The molecule has 0 spiro atoms. The second kappa shape index (κ2) is 5.51. The summed E-state index contributed by atoms with van der Waals surface area (Å²) in [5.74, 6) is 0. The van der Waals surface area contributed by atoms with Crippen molar-refractivity contribution in [3.63, 3.8) is 0 Å². The van der Waals surface area contributed by atoms with Crippen LogP contribution in [-0.2, 0) is 0 Å². The van der Waals surface area contributed by atoms with Crippen molar-refractivity contribution >= 4 is 0 Å². The van der Waals surface area contributed by atoms with Gasteiger partial charge in [-0.1, -0.05) is 0 Å². The maximum absolute atomic E-state index is 9.25. The molecule has 3 heteroatoms. The second-order valence-electron chi connectivity index (χ2n) is 3.60. The van der Waals surface area contributed by atoms with Gasteiger partial charge >= 0.3 is 0 Å². The molecule has 0 fully saturated rings. The highest BCUT2D eigenvalue weighted by atomic mass is 16.3. The topological polar surface area (TPSA) is 43.7 Å². The summed E-state index contributed by atoms with van der Waals surface area (Å²) in [7, 11) is 1.96. The molecule has 0 aromatic heterocycles. The van der Waals surface area contributed by atoms with E-state index in [1.54, 1.807) is 13.8 Å². The SMILES string of the molecule is CC(O)CCN(C)C(C)C(C)O. The van der Waals surface area contributed by atoms with Crippen LogP contribution in [0.25, 0.3) is 0 Å². The van der Waals surface area contributed by atoms with Crippen molar-refractivity contribution in [3.8, 4) is 0 Å². The van der Waals surface area contributed by atoms with Crippen molar-refractivity contribution in [1.29, 1.82) is 0 Å². The van der Waals surface area contributed by atoms with Gasteiger partial charge in [-0.05, 0) is 34.2 Å². The average Bonchev–Trinajstić information content (AvgIpc) is 1.98. The first-order chi connectivity index (χ1) is 5.45. The Bertz CT molecular complexity index is 115. The molecule has 3 atom stereocenters. The fraction of sp³-hybridized carbons (Fsp3) is 1.00. The van der Waals surface area contributed by atoms with E-state index in [9.17, 15) is 5.11 Å². The van der Waals surface area contributed by atoms with Crippen LogP contribution in [0.1, 0.15) is 27.2 Å². The highest BCUT2D eigenvalue weighted by molar-refractivity contribution is 4.68. The standard InChI is InChI=1S/C9H21NO2/c1-7(11)5-6-10(4)8(2)9(3)12/h7-9,11-12H,5-6H2,1-4H3. The average molecular weight is 175 g/mol. The van der Waals surface area contributed by atoms with Crippen LogP contribution in [0.5, 0.6) is 0 Å². The predicted octanol–water partition coefficient (Wildman–Crippen LogP) is 0.458. The molecule has 12 heavy (non-hydrogen) atoms. The van der Waals surface area contributed by atoms with Crippen LogP contribution >= 0.6 is 0 Å². The number of likely N-dealkylation sites (N-methyl/N-ethyl adjacent to an activating group) is 1. The zero-order valence-corrected chi connectivity index (χ0v) is 8.49. The maximum Gasteiger partial charge on any atom is 0.0664 e. The third kappa shape index (κ3) is 4.70. The fourth-order valence-electron chi connectivity index (χ4n) is 0.962. The van der Waals surface area contributed by atoms with Gasteiger partial charge in [0.15, 0.2) is 0 Å². The zero-order chi connectivity index (χ0) is 9.72. The Balaban J connectivity index is 3.64. The fourth-order valence-corrected chi connectivity index (χ4v) is 0.962. The summed E-state index contributed by atoms with van der Waals surface area (Å²) in [5, 5.41) is 18.3. The molecular formula is C9H21NO2. The van der Waals surface area contributed by atoms with Gasteiger partial charge in [0, 0.05) is 12.6 Å². The van der Waals surface area contributed by atoms with Crippen LogP contribution in [0.3, 0.4) is 0 Å². The lowest BCUT2D eigenvalue weighted by Crippen LogP contribution is -2.38. The van der Waals surface area contributed by atoms with Gasteiger partial charge < -0.3 is 15.1 Å². The number of hydrogen-bond donors (Lipinski definition) is 2. The number of hydrogen-bond acceptors (Lipinski definition) is 3. The lowest BCUT2D eigenvalue weighted by molar-refractivity contribution is 0.0753.